The van der Waals surface area contributed by atoms with Crippen molar-refractivity contribution in [2.24, 2.45) is 5.73 Å². The van der Waals surface area contributed by atoms with E-state index in [1.54, 1.807) is 0 Å². The van der Waals surface area contributed by atoms with Crippen molar-refractivity contribution in [2.75, 3.05) is 6.61 Å². The molecule has 0 rings (SSSR count). The molecule has 5 heteroatoms. The van der Waals surface area contributed by atoms with E-state index in [1.807, 2.05) is 0 Å². The average Bonchev–Trinajstić information content (AvgIpc) is 2.50. The summed E-state index contributed by atoms with van der Waals surface area (Å²) in [5.41, 5.74) is 5.25. The summed E-state index contributed by atoms with van der Waals surface area (Å²) < 4.78 is 4.81. The first kappa shape index (κ1) is 20.9. The molecule has 0 spiro atoms. The van der Waals surface area contributed by atoms with Gasteiger partial charge in [0.1, 0.15) is 12.6 Å². The number of carboxylic acids is 1. The Labute approximate surface area is 134 Å². The summed E-state index contributed by atoms with van der Waals surface area (Å²) >= 11 is 0. The molecule has 0 aromatic heterocycles. The van der Waals surface area contributed by atoms with Crippen molar-refractivity contribution in [2.45, 2.75) is 90.0 Å². The molecule has 0 aliphatic carbocycles. The molecule has 0 heterocycles. The summed E-state index contributed by atoms with van der Waals surface area (Å²) in [6.45, 7) is 1.99. The van der Waals surface area contributed by atoms with E-state index < -0.39 is 12.0 Å². The van der Waals surface area contributed by atoms with Crippen LogP contribution in [0, 0.1) is 0 Å². The minimum Gasteiger partial charge on any atom is -0.480 e. The molecule has 0 aliphatic heterocycles. The molecule has 0 saturated heterocycles. The van der Waals surface area contributed by atoms with Gasteiger partial charge in [0, 0.05) is 6.42 Å². The first-order chi connectivity index (χ1) is 10.6. The topological polar surface area (TPSA) is 89.6 Å². The fraction of sp³-hybridized carbons (Fsp3) is 0.882. The monoisotopic (exact) mass is 315 g/mol. The van der Waals surface area contributed by atoms with Crippen molar-refractivity contribution in [1.82, 2.24) is 0 Å². The highest BCUT2D eigenvalue weighted by atomic mass is 16.5. The van der Waals surface area contributed by atoms with E-state index in [0.717, 1.165) is 19.3 Å². The Bertz CT molecular complexity index is 294. The summed E-state index contributed by atoms with van der Waals surface area (Å²) in [6, 6.07) is -1.12. The van der Waals surface area contributed by atoms with E-state index in [-0.39, 0.29) is 12.6 Å². The molecule has 0 aromatic carbocycles. The third-order valence-electron chi connectivity index (χ3n) is 3.73. The number of ether oxygens (including phenoxy) is 1. The lowest BCUT2D eigenvalue weighted by atomic mass is 10.1. The molecule has 22 heavy (non-hydrogen) atoms. The molecule has 0 fully saturated rings. The second-order valence-corrected chi connectivity index (χ2v) is 5.91. The van der Waals surface area contributed by atoms with Gasteiger partial charge in [-0.3, -0.25) is 9.59 Å². The minimum atomic E-state index is -1.15. The van der Waals surface area contributed by atoms with Gasteiger partial charge >= 0.3 is 11.9 Å². The van der Waals surface area contributed by atoms with Gasteiger partial charge in [0.2, 0.25) is 0 Å². The highest BCUT2D eigenvalue weighted by Gasteiger charge is 2.13. The lowest BCUT2D eigenvalue weighted by Gasteiger charge is -2.07. The molecular formula is C17H33NO4. The van der Waals surface area contributed by atoms with E-state index >= 15 is 0 Å². The zero-order valence-electron chi connectivity index (χ0n) is 14.0. The molecule has 130 valence electrons. The second-order valence-electron chi connectivity index (χ2n) is 5.91. The summed E-state index contributed by atoms with van der Waals surface area (Å²) in [5, 5.41) is 8.56. The maximum Gasteiger partial charge on any atom is 0.324 e. The molecule has 3 N–H and O–H groups in total. The Hall–Kier alpha value is -1.10. The smallest absolute Gasteiger partial charge is 0.324 e. The van der Waals surface area contributed by atoms with Gasteiger partial charge in [0.25, 0.3) is 0 Å². The van der Waals surface area contributed by atoms with Crippen LogP contribution < -0.4 is 5.73 Å². The van der Waals surface area contributed by atoms with Crippen LogP contribution in [-0.2, 0) is 14.3 Å². The van der Waals surface area contributed by atoms with Crippen LogP contribution >= 0.6 is 0 Å². The fourth-order valence-electron chi connectivity index (χ4n) is 2.26. The van der Waals surface area contributed by atoms with Crippen LogP contribution in [0.1, 0.15) is 84.0 Å². The van der Waals surface area contributed by atoms with Gasteiger partial charge in [-0.25, -0.2) is 0 Å². The van der Waals surface area contributed by atoms with Crippen molar-refractivity contribution >= 4 is 11.9 Å². The van der Waals surface area contributed by atoms with Crippen LogP contribution in [0.5, 0.6) is 0 Å². The zero-order valence-corrected chi connectivity index (χ0v) is 14.0. The molecular weight excluding hydrogens is 282 g/mol. The first-order valence-corrected chi connectivity index (χ1v) is 8.72. The van der Waals surface area contributed by atoms with Crippen LogP contribution in [0.2, 0.25) is 0 Å². The third kappa shape index (κ3) is 13.9. The van der Waals surface area contributed by atoms with Gasteiger partial charge in [-0.1, -0.05) is 71.1 Å². The number of aliphatic carboxylic acids is 1. The Morgan fingerprint density at radius 3 is 1.82 bits per heavy atom. The van der Waals surface area contributed by atoms with Crippen LogP contribution in [0.3, 0.4) is 0 Å². The van der Waals surface area contributed by atoms with E-state index in [2.05, 4.69) is 6.92 Å². The lowest BCUT2D eigenvalue weighted by Crippen LogP contribution is -2.35. The normalized spacial score (nSPS) is 12.1. The Morgan fingerprint density at radius 2 is 1.36 bits per heavy atom. The molecule has 0 amide bonds. The molecule has 1 atom stereocenters. The fourth-order valence-corrected chi connectivity index (χ4v) is 2.26. The molecule has 0 saturated carbocycles. The van der Waals surface area contributed by atoms with Gasteiger partial charge in [0.15, 0.2) is 0 Å². The van der Waals surface area contributed by atoms with E-state index in [0.29, 0.717) is 6.42 Å². The van der Waals surface area contributed by atoms with E-state index in [1.165, 1.54) is 51.4 Å². The van der Waals surface area contributed by atoms with Crippen LogP contribution in [-0.4, -0.2) is 29.7 Å². The highest BCUT2D eigenvalue weighted by Crippen LogP contribution is 2.12. The van der Waals surface area contributed by atoms with Gasteiger partial charge in [-0.05, 0) is 6.42 Å². The maximum atomic E-state index is 11.4. The van der Waals surface area contributed by atoms with Crippen LogP contribution in [0.15, 0.2) is 0 Å². The summed E-state index contributed by atoms with van der Waals surface area (Å²) in [6.07, 6.45) is 13.9. The van der Waals surface area contributed by atoms with Crippen molar-refractivity contribution in [3.63, 3.8) is 0 Å². The Morgan fingerprint density at radius 1 is 0.909 bits per heavy atom. The Kier molecular flexibility index (Phi) is 14.1. The number of hydrogen-bond donors (Lipinski definition) is 2. The number of carboxylic acid groups (broad SMARTS) is 1. The zero-order chi connectivity index (χ0) is 16.6. The third-order valence-corrected chi connectivity index (χ3v) is 3.73. The number of nitrogens with two attached hydrogens (primary N) is 1. The number of carbonyl (C=O) groups excluding carboxylic acids is 1. The Balaban J connectivity index is 3.25. The first-order valence-electron chi connectivity index (χ1n) is 8.72. The summed E-state index contributed by atoms with van der Waals surface area (Å²) in [7, 11) is 0. The van der Waals surface area contributed by atoms with Crippen molar-refractivity contribution < 1.29 is 19.4 Å². The van der Waals surface area contributed by atoms with Crippen molar-refractivity contribution in [3.05, 3.63) is 0 Å². The number of esters is 1. The predicted molar refractivity (Wildman–Crippen MR) is 87.6 cm³/mol. The lowest BCUT2D eigenvalue weighted by molar-refractivity contribution is -0.147. The predicted octanol–water partition coefficient (Wildman–Crippen LogP) is 3.64. The number of rotatable bonds is 15. The molecule has 0 radical (unpaired) electrons. The number of unbranched alkanes of at least 4 members (excludes halogenated alkanes) is 10. The van der Waals surface area contributed by atoms with Gasteiger partial charge in [-0.2, -0.15) is 0 Å². The standard InChI is InChI=1S/C17H33NO4/c1-2-3-4-5-6-7-8-9-10-11-12-13-16(19)22-14-15(18)17(20)21/h15H,2-14,18H2,1H3,(H,20,21). The molecule has 5 nitrogen and oxygen atoms in total. The summed E-state index contributed by atoms with van der Waals surface area (Å²) in [5.74, 6) is -1.50. The molecule has 0 bridgehead atoms. The SMILES string of the molecule is CCCCCCCCCCCCCC(=O)OCC(N)C(=O)O. The minimum absolute atomic E-state index is 0.244. The average molecular weight is 315 g/mol. The number of carbonyl (C=O) groups is 2. The van der Waals surface area contributed by atoms with Crippen LogP contribution in [0.4, 0.5) is 0 Å². The van der Waals surface area contributed by atoms with E-state index in [9.17, 15) is 9.59 Å². The van der Waals surface area contributed by atoms with Crippen LogP contribution in [0.25, 0.3) is 0 Å². The van der Waals surface area contributed by atoms with E-state index in [4.69, 9.17) is 15.6 Å². The van der Waals surface area contributed by atoms with Crippen molar-refractivity contribution in [1.29, 1.82) is 0 Å². The quantitative estimate of drug-likeness (QED) is 0.356. The summed E-state index contributed by atoms with van der Waals surface area (Å²) in [4.78, 5) is 21.8. The largest absolute Gasteiger partial charge is 0.480 e. The van der Waals surface area contributed by atoms with Crippen molar-refractivity contribution in [3.8, 4) is 0 Å². The second kappa shape index (κ2) is 14.8. The number of hydrogen-bond acceptors (Lipinski definition) is 4. The molecule has 0 aliphatic rings. The molecule has 1 unspecified atom stereocenters. The maximum absolute atomic E-state index is 11.4. The molecule has 0 aromatic rings. The van der Waals surface area contributed by atoms with Gasteiger partial charge in [-0.15, -0.1) is 0 Å². The van der Waals surface area contributed by atoms with Gasteiger partial charge in [0.05, 0.1) is 0 Å². The highest BCUT2D eigenvalue weighted by molar-refractivity contribution is 5.74. The van der Waals surface area contributed by atoms with Gasteiger partial charge < -0.3 is 15.6 Å².